The van der Waals surface area contributed by atoms with Crippen LogP contribution in [0.5, 0.6) is 5.75 Å². The van der Waals surface area contributed by atoms with Crippen molar-refractivity contribution >= 4 is 38.9 Å². The van der Waals surface area contributed by atoms with Gasteiger partial charge in [0.2, 0.25) is 15.9 Å². The zero-order chi connectivity index (χ0) is 20.2. The fourth-order valence-corrected chi connectivity index (χ4v) is 4.26. The molecule has 0 fully saturated rings. The van der Waals surface area contributed by atoms with Gasteiger partial charge in [-0.15, -0.1) is 0 Å². The summed E-state index contributed by atoms with van der Waals surface area (Å²) < 4.78 is 31.1. The second-order valence-corrected chi connectivity index (χ2v) is 8.43. The summed E-state index contributed by atoms with van der Waals surface area (Å²) in [5.74, 6) is 0.0462. The molecule has 2 aromatic carbocycles. The van der Waals surface area contributed by atoms with Gasteiger partial charge in [0.05, 0.1) is 24.1 Å². The maximum Gasteiger partial charge on any atom is 0.248 e. The van der Waals surface area contributed by atoms with Crippen LogP contribution < -0.4 is 14.4 Å². The molecule has 0 bridgehead atoms. The number of amides is 1. The molecule has 0 aliphatic carbocycles. The number of benzene rings is 2. The van der Waals surface area contributed by atoms with Crippen LogP contribution in [-0.4, -0.2) is 33.7 Å². The van der Waals surface area contributed by atoms with E-state index in [2.05, 4.69) is 5.32 Å². The lowest BCUT2D eigenvalue weighted by atomic mass is 10.1. The number of rotatable bonds is 7. The van der Waals surface area contributed by atoms with Gasteiger partial charge in [-0.25, -0.2) is 8.42 Å². The van der Waals surface area contributed by atoms with Crippen molar-refractivity contribution in [2.24, 2.45) is 0 Å². The molecule has 0 saturated carbocycles. The Labute approximate surface area is 165 Å². The van der Waals surface area contributed by atoms with Gasteiger partial charge >= 0.3 is 0 Å². The topological polar surface area (TPSA) is 75.7 Å². The summed E-state index contributed by atoms with van der Waals surface area (Å²) in [7, 11) is -2.18. The predicted molar refractivity (Wildman–Crippen MR) is 109 cm³/mol. The largest absolute Gasteiger partial charge is 0.495 e. The Bertz CT molecular complexity index is 931. The van der Waals surface area contributed by atoms with Crippen molar-refractivity contribution in [3.05, 3.63) is 53.1 Å². The highest BCUT2D eigenvalue weighted by Gasteiger charge is 2.31. The van der Waals surface area contributed by atoms with Crippen LogP contribution in [0.4, 0.5) is 11.4 Å². The summed E-state index contributed by atoms with van der Waals surface area (Å²) >= 11 is 6.09. The van der Waals surface area contributed by atoms with Gasteiger partial charge in [0.15, 0.2) is 0 Å². The number of anilines is 2. The minimum Gasteiger partial charge on any atom is -0.495 e. The van der Waals surface area contributed by atoms with Gasteiger partial charge in [0.1, 0.15) is 11.8 Å². The number of nitrogens with zero attached hydrogens (tertiary/aromatic N) is 1. The van der Waals surface area contributed by atoms with Crippen molar-refractivity contribution in [2.75, 3.05) is 23.0 Å². The summed E-state index contributed by atoms with van der Waals surface area (Å²) in [6, 6.07) is 11.0. The molecule has 146 valence electrons. The lowest BCUT2D eigenvalue weighted by Crippen LogP contribution is -2.47. The number of hydrogen-bond donors (Lipinski definition) is 1. The van der Waals surface area contributed by atoms with Crippen LogP contribution in [0.2, 0.25) is 5.02 Å². The summed E-state index contributed by atoms with van der Waals surface area (Å²) in [6.07, 6.45) is 1.40. The Morgan fingerprint density at radius 2 is 1.96 bits per heavy atom. The molecule has 0 spiro atoms. The Hall–Kier alpha value is -2.25. The summed E-state index contributed by atoms with van der Waals surface area (Å²) in [4.78, 5) is 12.9. The lowest BCUT2D eigenvalue weighted by molar-refractivity contribution is -0.117. The molecule has 1 N–H and O–H groups in total. The van der Waals surface area contributed by atoms with Gasteiger partial charge in [0, 0.05) is 5.69 Å². The first-order valence-electron chi connectivity index (χ1n) is 8.37. The van der Waals surface area contributed by atoms with Crippen LogP contribution in [0.15, 0.2) is 42.5 Å². The summed E-state index contributed by atoms with van der Waals surface area (Å²) in [5.41, 5.74) is 1.81. The fourth-order valence-electron chi connectivity index (χ4n) is 2.80. The van der Waals surface area contributed by atoms with E-state index in [0.717, 1.165) is 16.1 Å². The number of carbonyl (C=O) groups excluding carboxylic acids is 1. The van der Waals surface area contributed by atoms with E-state index in [1.807, 2.05) is 13.0 Å². The van der Waals surface area contributed by atoms with E-state index < -0.39 is 22.0 Å². The van der Waals surface area contributed by atoms with Gasteiger partial charge in [-0.2, -0.15) is 0 Å². The summed E-state index contributed by atoms with van der Waals surface area (Å²) in [5, 5.41) is 3.09. The van der Waals surface area contributed by atoms with E-state index in [1.165, 1.54) is 7.11 Å². The third-order valence-corrected chi connectivity index (χ3v) is 5.48. The zero-order valence-corrected chi connectivity index (χ0v) is 17.3. The fraction of sp³-hybridized carbons (Fsp3) is 0.316. The molecular formula is C19H23ClN2O4S. The van der Waals surface area contributed by atoms with Crippen molar-refractivity contribution < 1.29 is 17.9 Å². The van der Waals surface area contributed by atoms with E-state index in [0.29, 0.717) is 28.6 Å². The van der Waals surface area contributed by atoms with Crippen LogP contribution >= 0.6 is 11.6 Å². The van der Waals surface area contributed by atoms with Gasteiger partial charge in [-0.05, 0) is 49.2 Å². The first-order chi connectivity index (χ1) is 12.7. The second kappa shape index (κ2) is 8.63. The van der Waals surface area contributed by atoms with Crippen molar-refractivity contribution in [1.82, 2.24) is 0 Å². The number of carbonyl (C=O) groups is 1. The summed E-state index contributed by atoms with van der Waals surface area (Å²) in [6.45, 7) is 3.63. The Balaban J connectivity index is 2.36. The Morgan fingerprint density at radius 1 is 1.26 bits per heavy atom. The maximum atomic E-state index is 12.9. The average molecular weight is 411 g/mol. The van der Waals surface area contributed by atoms with Crippen molar-refractivity contribution in [3.63, 3.8) is 0 Å². The predicted octanol–water partition coefficient (Wildman–Crippen LogP) is 3.84. The second-order valence-electron chi connectivity index (χ2n) is 6.16. The molecule has 27 heavy (non-hydrogen) atoms. The number of nitrogens with one attached hydrogen (secondary N) is 1. The van der Waals surface area contributed by atoms with Crippen molar-refractivity contribution in [3.8, 4) is 5.75 Å². The molecule has 0 heterocycles. The number of halogens is 1. The molecule has 0 aliphatic heterocycles. The number of aryl methyl sites for hydroxylation is 1. The van der Waals surface area contributed by atoms with Crippen LogP contribution in [0.25, 0.3) is 0 Å². The Kier molecular flexibility index (Phi) is 6.73. The molecule has 1 amide bonds. The Morgan fingerprint density at radius 3 is 2.48 bits per heavy atom. The molecule has 0 radical (unpaired) electrons. The number of ether oxygens (including phenoxy) is 1. The van der Waals surface area contributed by atoms with Crippen LogP contribution in [0.3, 0.4) is 0 Å². The molecule has 0 saturated heterocycles. The SMILES string of the molecule is CCC(C(=O)Nc1ccc(OC)c(Cl)c1)N(c1cccc(C)c1)S(C)(=O)=O. The molecule has 0 aliphatic rings. The van der Waals surface area contributed by atoms with Crippen LogP contribution in [-0.2, 0) is 14.8 Å². The maximum absolute atomic E-state index is 12.9. The quantitative estimate of drug-likeness (QED) is 0.752. The van der Waals surface area contributed by atoms with Gasteiger partial charge in [-0.3, -0.25) is 9.10 Å². The van der Waals surface area contributed by atoms with Crippen molar-refractivity contribution in [1.29, 1.82) is 0 Å². The lowest BCUT2D eigenvalue weighted by Gasteiger charge is -2.30. The standard InChI is InChI=1S/C19H23ClN2O4S/c1-5-17(19(23)21-14-9-10-18(26-3)16(20)12-14)22(27(4,24)25)15-8-6-7-13(2)11-15/h6-12,17H,5H2,1-4H3,(H,21,23). The first kappa shape index (κ1) is 21.1. The molecule has 8 heteroatoms. The highest BCUT2D eigenvalue weighted by Crippen LogP contribution is 2.28. The first-order valence-corrected chi connectivity index (χ1v) is 10.6. The van der Waals surface area contributed by atoms with Gasteiger partial charge in [-0.1, -0.05) is 30.7 Å². The molecule has 2 rings (SSSR count). The van der Waals surface area contributed by atoms with Crippen LogP contribution in [0, 0.1) is 6.92 Å². The normalized spacial score (nSPS) is 12.3. The van der Waals surface area contributed by atoms with Crippen LogP contribution in [0.1, 0.15) is 18.9 Å². The number of sulfonamides is 1. The monoisotopic (exact) mass is 410 g/mol. The van der Waals surface area contributed by atoms with E-state index in [9.17, 15) is 13.2 Å². The third kappa shape index (κ3) is 5.14. The third-order valence-electron chi connectivity index (χ3n) is 4.01. The molecule has 0 aromatic heterocycles. The molecular weight excluding hydrogens is 388 g/mol. The zero-order valence-electron chi connectivity index (χ0n) is 15.7. The molecule has 1 atom stereocenters. The van der Waals surface area contributed by atoms with E-state index in [-0.39, 0.29) is 0 Å². The van der Waals surface area contributed by atoms with E-state index >= 15 is 0 Å². The number of methoxy groups -OCH3 is 1. The minimum absolute atomic E-state index is 0.302. The number of hydrogen-bond acceptors (Lipinski definition) is 4. The highest BCUT2D eigenvalue weighted by atomic mass is 35.5. The van der Waals surface area contributed by atoms with E-state index in [4.69, 9.17) is 16.3 Å². The molecule has 6 nitrogen and oxygen atoms in total. The average Bonchev–Trinajstić information content (AvgIpc) is 2.58. The van der Waals surface area contributed by atoms with E-state index in [1.54, 1.807) is 43.3 Å². The molecule has 2 aromatic rings. The smallest absolute Gasteiger partial charge is 0.248 e. The molecule has 1 unspecified atom stereocenters. The highest BCUT2D eigenvalue weighted by molar-refractivity contribution is 7.92. The minimum atomic E-state index is -3.68. The van der Waals surface area contributed by atoms with Gasteiger partial charge < -0.3 is 10.1 Å². The van der Waals surface area contributed by atoms with Gasteiger partial charge in [0.25, 0.3) is 0 Å². The van der Waals surface area contributed by atoms with Crippen molar-refractivity contribution in [2.45, 2.75) is 26.3 Å².